The summed E-state index contributed by atoms with van der Waals surface area (Å²) in [4.78, 5) is 27.3. The van der Waals surface area contributed by atoms with Crippen molar-refractivity contribution in [3.05, 3.63) is 84.3 Å². The third kappa shape index (κ3) is 5.71. The number of benzene rings is 2. The van der Waals surface area contributed by atoms with Crippen LogP contribution >= 0.6 is 0 Å². The Morgan fingerprint density at radius 1 is 0.909 bits per heavy atom. The van der Waals surface area contributed by atoms with E-state index in [2.05, 4.69) is 30.0 Å². The minimum Gasteiger partial charge on any atom is -0.369 e. The molecule has 0 saturated carbocycles. The van der Waals surface area contributed by atoms with Crippen molar-refractivity contribution in [2.75, 3.05) is 10.5 Å². The van der Waals surface area contributed by atoms with E-state index in [1.54, 1.807) is 24.4 Å². The first-order valence-corrected chi connectivity index (χ1v) is 11.4. The smallest absolute Gasteiger partial charge is 0.264 e. The molecule has 2 heterocycles. The lowest BCUT2D eigenvalue weighted by Gasteiger charge is -2.08. The number of imidazole rings is 1. The van der Waals surface area contributed by atoms with Gasteiger partial charge in [0.15, 0.2) is 5.95 Å². The number of aromatic nitrogens is 4. The van der Waals surface area contributed by atoms with Crippen LogP contribution in [0.2, 0.25) is 0 Å². The largest absolute Gasteiger partial charge is 0.369 e. The molecule has 0 aliphatic heterocycles. The van der Waals surface area contributed by atoms with Crippen molar-refractivity contribution in [3.63, 3.8) is 0 Å². The highest BCUT2D eigenvalue weighted by Gasteiger charge is 2.15. The Bertz CT molecular complexity index is 1340. The molecule has 0 aliphatic rings. The number of aromatic amines is 1. The Morgan fingerprint density at radius 2 is 1.61 bits per heavy atom. The molecular weight excluding hydrogens is 442 g/mol. The van der Waals surface area contributed by atoms with Crippen LogP contribution in [0.15, 0.2) is 78.1 Å². The monoisotopic (exact) mass is 463 g/mol. The Labute approximate surface area is 190 Å². The summed E-state index contributed by atoms with van der Waals surface area (Å²) in [5, 5.41) is 2.84. The molecule has 0 unspecified atom stereocenters. The van der Waals surface area contributed by atoms with Gasteiger partial charge in [-0.2, -0.15) is 0 Å². The molecule has 0 fully saturated rings. The van der Waals surface area contributed by atoms with E-state index in [1.807, 2.05) is 24.3 Å². The number of H-pyrrole nitrogens is 1. The number of carbonyl (C=O) groups is 1. The molecule has 4 aromatic rings. The van der Waals surface area contributed by atoms with E-state index in [0.717, 1.165) is 16.8 Å². The Kier molecular flexibility index (Phi) is 6.31. The van der Waals surface area contributed by atoms with Crippen LogP contribution in [0.1, 0.15) is 11.1 Å². The molecule has 0 radical (unpaired) electrons. The molecule has 0 atom stereocenters. The van der Waals surface area contributed by atoms with Gasteiger partial charge in [-0.25, -0.2) is 28.1 Å². The molecule has 33 heavy (non-hydrogen) atoms. The number of nitrogen functional groups attached to an aromatic ring is 1. The van der Waals surface area contributed by atoms with Gasteiger partial charge in [-0.15, -0.1) is 0 Å². The number of nitrogens with one attached hydrogen (secondary N) is 3. The second kappa shape index (κ2) is 9.49. The molecule has 1 amide bonds. The zero-order chi connectivity index (χ0) is 23.3. The lowest BCUT2D eigenvalue weighted by molar-refractivity contribution is -0.120. The fraction of sp³-hybridized carbons (Fsp3) is 0.0909. The summed E-state index contributed by atoms with van der Waals surface area (Å²) in [6.45, 7) is 0.361. The van der Waals surface area contributed by atoms with Gasteiger partial charge in [-0.1, -0.05) is 42.5 Å². The first-order valence-electron chi connectivity index (χ1n) is 9.94. The molecule has 4 rings (SSSR count). The number of anilines is 2. The lowest BCUT2D eigenvalue weighted by Crippen LogP contribution is -2.24. The van der Waals surface area contributed by atoms with Crippen LogP contribution in [0.5, 0.6) is 0 Å². The van der Waals surface area contributed by atoms with E-state index in [1.165, 1.54) is 24.5 Å². The Morgan fingerprint density at radius 3 is 2.24 bits per heavy atom. The van der Waals surface area contributed by atoms with Gasteiger partial charge in [-0.05, 0) is 28.8 Å². The Balaban J connectivity index is 1.29. The summed E-state index contributed by atoms with van der Waals surface area (Å²) in [5.41, 5.74) is 8.84. The van der Waals surface area contributed by atoms with E-state index in [-0.39, 0.29) is 23.2 Å². The van der Waals surface area contributed by atoms with Gasteiger partial charge in [0.1, 0.15) is 0 Å². The van der Waals surface area contributed by atoms with Crippen LogP contribution in [0.25, 0.3) is 11.3 Å². The minimum atomic E-state index is -3.77. The zero-order valence-electron chi connectivity index (χ0n) is 17.4. The summed E-state index contributed by atoms with van der Waals surface area (Å²) in [6.07, 6.45) is 4.56. The van der Waals surface area contributed by atoms with Crippen LogP contribution in [-0.4, -0.2) is 34.3 Å². The molecule has 2 aromatic heterocycles. The van der Waals surface area contributed by atoms with Crippen molar-refractivity contribution in [3.8, 4) is 11.3 Å². The third-order valence-corrected chi connectivity index (χ3v) is 6.04. The normalized spacial score (nSPS) is 11.2. The first kappa shape index (κ1) is 22.0. The maximum atomic E-state index is 12.3. The maximum Gasteiger partial charge on any atom is 0.264 e. The summed E-state index contributed by atoms with van der Waals surface area (Å²) < 4.78 is 27.0. The average Bonchev–Trinajstić information content (AvgIpc) is 3.26. The number of sulfonamides is 1. The van der Waals surface area contributed by atoms with E-state index in [0.29, 0.717) is 18.1 Å². The highest BCUT2D eigenvalue weighted by atomic mass is 32.2. The van der Waals surface area contributed by atoms with Crippen LogP contribution in [0.4, 0.5) is 11.9 Å². The molecular formula is C22H21N7O3S. The van der Waals surface area contributed by atoms with Crippen molar-refractivity contribution >= 4 is 27.8 Å². The van der Waals surface area contributed by atoms with E-state index in [4.69, 9.17) is 5.73 Å². The van der Waals surface area contributed by atoms with E-state index in [9.17, 15) is 13.2 Å². The standard InChI is InChI=1S/C22H21N7O3S/c23-21-25-14-19(28-21)17-8-6-15(7-9-17)11-24-20(30)10-16-12-26-22(27-13-16)29-33(31,32)18-4-2-1-3-5-18/h1-9,12-14H,10-11H2,(H,24,30)(H3,23,25,28)(H,26,27,29). The number of nitrogens with two attached hydrogens (primary N) is 1. The third-order valence-electron chi connectivity index (χ3n) is 4.70. The molecule has 0 bridgehead atoms. The van der Waals surface area contributed by atoms with Gasteiger partial charge in [0.2, 0.25) is 11.9 Å². The maximum absolute atomic E-state index is 12.3. The van der Waals surface area contributed by atoms with Crippen LogP contribution in [0.3, 0.4) is 0 Å². The van der Waals surface area contributed by atoms with Crippen molar-refractivity contribution in [1.82, 2.24) is 25.3 Å². The van der Waals surface area contributed by atoms with Gasteiger partial charge in [0.25, 0.3) is 10.0 Å². The molecule has 11 heteroatoms. The second-order valence-corrected chi connectivity index (χ2v) is 8.85. The van der Waals surface area contributed by atoms with Crippen molar-refractivity contribution in [2.24, 2.45) is 0 Å². The summed E-state index contributed by atoms with van der Waals surface area (Å²) in [7, 11) is -3.77. The first-order chi connectivity index (χ1) is 15.9. The highest BCUT2D eigenvalue weighted by molar-refractivity contribution is 7.92. The van der Waals surface area contributed by atoms with Crippen LogP contribution in [-0.2, 0) is 27.8 Å². The number of hydrogen-bond acceptors (Lipinski definition) is 7. The fourth-order valence-electron chi connectivity index (χ4n) is 3.01. The summed E-state index contributed by atoms with van der Waals surface area (Å²) in [6, 6.07) is 15.6. The number of nitrogens with zero attached hydrogens (tertiary/aromatic N) is 3. The van der Waals surface area contributed by atoms with Crippen molar-refractivity contribution < 1.29 is 13.2 Å². The summed E-state index contributed by atoms with van der Waals surface area (Å²) >= 11 is 0. The van der Waals surface area contributed by atoms with Crippen molar-refractivity contribution in [1.29, 1.82) is 0 Å². The van der Waals surface area contributed by atoms with E-state index < -0.39 is 10.0 Å². The zero-order valence-corrected chi connectivity index (χ0v) is 18.2. The van der Waals surface area contributed by atoms with Gasteiger partial charge < -0.3 is 16.0 Å². The second-order valence-electron chi connectivity index (χ2n) is 7.17. The SMILES string of the molecule is Nc1ncc(-c2ccc(CNC(=O)Cc3cnc(NS(=O)(=O)c4ccccc4)nc3)cc2)[nH]1. The highest BCUT2D eigenvalue weighted by Crippen LogP contribution is 2.18. The molecule has 5 N–H and O–H groups in total. The number of hydrogen-bond donors (Lipinski definition) is 4. The molecule has 168 valence electrons. The van der Waals surface area contributed by atoms with Gasteiger partial charge >= 0.3 is 0 Å². The fourth-order valence-corrected chi connectivity index (χ4v) is 3.99. The van der Waals surface area contributed by atoms with Gasteiger partial charge in [0, 0.05) is 18.9 Å². The van der Waals surface area contributed by atoms with Crippen LogP contribution in [0, 0.1) is 0 Å². The predicted octanol–water partition coefficient (Wildman–Crippen LogP) is 2.11. The quantitative estimate of drug-likeness (QED) is 0.312. The van der Waals surface area contributed by atoms with E-state index >= 15 is 0 Å². The van der Waals surface area contributed by atoms with Crippen LogP contribution < -0.4 is 15.8 Å². The molecule has 0 spiro atoms. The molecule has 10 nitrogen and oxygen atoms in total. The Hall–Kier alpha value is -4.25. The number of amides is 1. The summed E-state index contributed by atoms with van der Waals surface area (Å²) in [5.74, 6) is 0.0794. The van der Waals surface area contributed by atoms with Gasteiger partial charge in [-0.3, -0.25) is 4.79 Å². The number of rotatable bonds is 8. The average molecular weight is 464 g/mol. The minimum absolute atomic E-state index is 0.0667. The molecule has 0 saturated heterocycles. The topological polar surface area (TPSA) is 156 Å². The van der Waals surface area contributed by atoms with Gasteiger partial charge in [0.05, 0.1) is 23.2 Å². The predicted molar refractivity (Wildman–Crippen MR) is 123 cm³/mol. The molecule has 2 aromatic carbocycles. The molecule has 0 aliphatic carbocycles. The number of carbonyl (C=O) groups excluding carboxylic acids is 1. The lowest BCUT2D eigenvalue weighted by atomic mass is 10.1. The van der Waals surface area contributed by atoms with Crippen molar-refractivity contribution in [2.45, 2.75) is 17.9 Å².